The standard InChI is InChI=1S/C53H93N2O11PS/c1-6-8-10-12-14-16-18-20-21-22-23-24-25-26-28-30-32-34-36-41-52(59)66-47(45-65-67(61,62)64-43-42-55(3,4)5)44-63-53(60)48(54)46-68-50(49(56)38-37-40-51(57)58)39-35-33-31-29-27-19-17-15-13-11-9-7-2/h14-17,20-21,27,29,31,33,35,39,47-50,56H,6-13,18-19,22-26,28,30,32,34,36-38,40-46,54H2,1-5H3,(H-,57,58,61,62)/p+1/b16-14-,17-15-,21-20-,29-27-,33-31+,39-35+/t47-,48+,49+,50-/m1/s1. The average Bonchev–Trinajstić information content (AvgIpc) is 3.28. The molecule has 0 radical (unpaired) electrons. The Morgan fingerprint density at radius 3 is 1.79 bits per heavy atom. The fourth-order valence-electron chi connectivity index (χ4n) is 6.54. The van der Waals surface area contributed by atoms with Gasteiger partial charge in [0.2, 0.25) is 0 Å². The number of carboxylic acids is 1. The van der Waals surface area contributed by atoms with Crippen molar-refractivity contribution in [3.63, 3.8) is 0 Å². The van der Waals surface area contributed by atoms with E-state index in [9.17, 15) is 28.9 Å². The van der Waals surface area contributed by atoms with Crippen molar-refractivity contribution in [3.8, 4) is 0 Å². The van der Waals surface area contributed by atoms with Crippen LogP contribution in [0.5, 0.6) is 0 Å². The van der Waals surface area contributed by atoms with E-state index in [1.54, 1.807) is 12.2 Å². The van der Waals surface area contributed by atoms with Crippen molar-refractivity contribution in [1.29, 1.82) is 0 Å². The minimum atomic E-state index is -4.52. The van der Waals surface area contributed by atoms with Crippen molar-refractivity contribution in [2.45, 2.75) is 191 Å². The predicted octanol–water partition coefficient (Wildman–Crippen LogP) is 11.9. The number of allylic oxidation sites excluding steroid dienone is 11. The van der Waals surface area contributed by atoms with Gasteiger partial charge in [0, 0.05) is 23.8 Å². The molecule has 0 saturated carbocycles. The van der Waals surface area contributed by atoms with Crippen molar-refractivity contribution in [3.05, 3.63) is 72.9 Å². The van der Waals surface area contributed by atoms with E-state index in [0.29, 0.717) is 17.4 Å². The number of aliphatic carboxylic acids is 1. The lowest BCUT2D eigenvalue weighted by atomic mass is 10.1. The van der Waals surface area contributed by atoms with E-state index in [2.05, 4.69) is 50.3 Å². The number of carbonyl (C=O) groups is 3. The molecule has 68 heavy (non-hydrogen) atoms. The normalized spacial score (nSPS) is 15.3. The molecule has 0 amide bonds. The van der Waals surface area contributed by atoms with Crippen LogP contribution in [0.1, 0.15) is 168 Å². The quantitative estimate of drug-likeness (QED) is 0.0113. The first-order valence-electron chi connectivity index (χ1n) is 25.6. The first-order valence-corrected chi connectivity index (χ1v) is 28.1. The van der Waals surface area contributed by atoms with E-state index in [1.807, 2.05) is 45.4 Å². The van der Waals surface area contributed by atoms with Gasteiger partial charge in [-0.1, -0.05) is 157 Å². The molecule has 0 aliphatic carbocycles. The van der Waals surface area contributed by atoms with Gasteiger partial charge in [-0.15, -0.1) is 11.8 Å². The molecule has 13 nitrogen and oxygen atoms in total. The number of aliphatic hydroxyl groups is 1. The Morgan fingerprint density at radius 1 is 0.676 bits per heavy atom. The fraction of sp³-hybridized carbons (Fsp3) is 0.717. The number of nitrogens with zero attached hydrogens (tertiary/aromatic N) is 1. The summed E-state index contributed by atoms with van der Waals surface area (Å²) in [6, 6.07) is -1.13. The van der Waals surface area contributed by atoms with Crippen LogP contribution in [0.2, 0.25) is 0 Å². The number of quaternary nitrogens is 1. The van der Waals surface area contributed by atoms with Crippen molar-refractivity contribution < 1.29 is 57.1 Å². The first kappa shape index (κ1) is 65.2. The second-order valence-electron chi connectivity index (χ2n) is 18.4. The lowest BCUT2D eigenvalue weighted by Crippen LogP contribution is -2.39. The third-order valence-corrected chi connectivity index (χ3v) is 13.1. The van der Waals surface area contributed by atoms with Gasteiger partial charge in [0.25, 0.3) is 0 Å². The van der Waals surface area contributed by atoms with Gasteiger partial charge in [0.05, 0.1) is 33.9 Å². The summed E-state index contributed by atoms with van der Waals surface area (Å²) in [6.07, 6.45) is 45.5. The molecule has 0 saturated heterocycles. The summed E-state index contributed by atoms with van der Waals surface area (Å²) in [5.74, 6) is -2.24. The Morgan fingerprint density at radius 2 is 1.22 bits per heavy atom. The number of nitrogens with two attached hydrogens (primary N) is 1. The van der Waals surface area contributed by atoms with Crippen LogP contribution in [0.3, 0.4) is 0 Å². The van der Waals surface area contributed by atoms with Gasteiger partial charge in [-0.3, -0.25) is 23.4 Å². The monoisotopic (exact) mass is 998 g/mol. The highest BCUT2D eigenvalue weighted by Crippen LogP contribution is 2.43. The number of carboxylic acid groups (broad SMARTS) is 1. The Hall–Kier alpha value is -2.81. The molecule has 1 unspecified atom stereocenters. The molecule has 0 aromatic carbocycles. The van der Waals surface area contributed by atoms with Crippen molar-refractivity contribution >= 4 is 37.5 Å². The van der Waals surface area contributed by atoms with Gasteiger partial charge in [-0.2, -0.15) is 0 Å². The zero-order chi connectivity index (χ0) is 50.6. The Balaban J connectivity index is 5.10. The zero-order valence-corrected chi connectivity index (χ0v) is 44.4. The number of likely N-dealkylation sites (N-methyl/N-ethyl adjacent to an activating group) is 1. The van der Waals surface area contributed by atoms with Crippen LogP contribution in [-0.4, -0.2) is 114 Å². The highest BCUT2D eigenvalue weighted by Gasteiger charge is 2.28. The summed E-state index contributed by atoms with van der Waals surface area (Å²) in [4.78, 5) is 47.4. The van der Waals surface area contributed by atoms with Crippen LogP contribution >= 0.6 is 19.6 Å². The molecular formula is C53H94N2O11PS+. The second kappa shape index (κ2) is 44.2. The predicted molar refractivity (Wildman–Crippen MR) is 280 cm³/mol. The molecule has 0 fully saturated rings. The van der Waals surface area contributed by atoms with Crippen LogP contribution in [0.25, 0.3) is 0 Å². The largest absolute Gasteiger partial charge is 0.481 e. The Kier molecular flexibility index (Phi) is 42.3. The van der Waals surface area contributed by atoms with Crippen LogP contribution in [0, 0.1) is 0 Å². The number of unbranched alkanes of at least 4 members (excludes halogenated alkanes) is 15. The summed E-state index contributed by atoms with van der Waals surface area (Å²) in [5.41, 5.74) is 6.22. The van der Waals surface area contributed by atoms with Crippen molar-refractivity contribution in [2.24, 2.45) is 5.73 Å². The molecular weight excluding hydrogens is 904 g/mol. The molecule has 0 rings (SSSR count). The van der Waals surface area contributed by atoms with E-state index < -0.39 is 62.4 Å². The number of ether oxygens (including phenoxy) is 2. The molecule has 15 heteroatoms. The second-order valence-corrected chi connectivity index (χ2v) is 21.1. The number of phosphoric acid groups is 1. The van der Waals surface area contributed by atoms with Crippen LogP contribution in [0.4, 0.5) is 0 Å². The highest BCUT2D eigenvalue weighted by molar-refractivity contribution is 8.00. The topological polar surface area (TPSA) is 192 Å². The number of hydrogen-bond donors (Lipinski definition) is 4. The maximum absolute atomic E-state index is 13.1. The molecule has 0 aromatic rings. The van der Waals surface area contributed by atoms with Crippen LogP contribution in [0.15, 0.2) is 72.9 Å². The SMILES string of the molecule is CCCCC/C=C\C\C=C/C=C/C=C/[C@@H](SC[C@H](N)C(=O)OC[C@H](COP(=O)(O)OCC[N+](C)(C)C)OC(=O)CCCCCCCCCCC/C=C\C/C=C\CCCCC)[C@@H](O)CCCC(=O)O. The molecule has 0 bridgehead atoms. The highest BCUT2D eigenvalue weighted by atomic mass is 32.2. The molecule has 5 atom stereocenters. The van der Waals surface area contributed by atoms with E-state index in [4.69, 9.17) is 29.4 Å². The lowest BCUT2D eigenvalue weighted by molar-refractivity contribution is -0.870. The maximum Gasteiger partial charge on any atom is 0.472 e. The first-order chi connectivity index (χ1) is 32.6. The van der Waals surface area contributed by atoms with E-state index >= 15 is 0 Å². The lowest BCUT2D eigenvalue weighted by Gasteiger charge is -2.24. The Bertz CT molecular complexity index is 1510. The molecule has 5 N–H and O–H groups in total. The third-order valence-electron chi connectivity index (χ3n) is 10.7. The van der Waals surface area contributed by atoms with Gasteiger partial charge >= 0.3 is 25.7 Å². The summed E-state index contributed by atoms with van der Waals surface area (Å²) in [5, 5.41) is 19.5. The zero-order valence-electron chi connectivity index (χ0n) is 42.7. The van der Waals surface area contributed by atoms with Gasteiger partial charge in [0.15, 0.2) is 6.10 Å². The van der Waals surface area contributed by atoms with Gasteiger partial charge in [-0.05, 0) is 70.6 Å². The van der Waals surface area contributed by atoms with Gasteiger partial charge in [-0.25, -0.2) is 4.57 Å². The average molecular weight is 998 g/mol. The summed E-state index contributed by atoms with van der Waals surface area (Å²) in [7, 11) is 1.21. The fourth-order valence-corrected chi connectivity index (χ4v) is 8.41. The van der Waals surface area contributed by atoms with Crippen LogP contribution < -0.4 is 5.73 Å². The number of aliphatic hydroxyl groups excluding tert-OH is 1. The number of rotatable bonds is 46. The minimum Gasteiger partial charge on any atom is -0.481 e. The molecule has 0 aliphatic rings. The summed E-state index contributed by atoms with van der Waals surface area (Å²) in [6.45, 7) is 3.78. The molecule has 0 spiro atoms. The summed E-state index contributed by atoms with van der Waals surface area (Å²) >= 11 is 1.23. The molecule has 0 aromatic heterocycles. The minimum absolute atomic E-state index is 0.0483. The maximum atomic E-state index is 13.1. The number of esters is 2. The number of hydrogen-bond acceptors (Lipinski definition) is 11. The smallest absolute Gasteiger partial charge is 0.472 e. The number of thioether (sulfide) groups is 1. The van der Waals surface area contributed by atoms with E-state index in [0.717, 1.165) is 51.4 Å². The van der Waals surface area contributed by atoms with Gasteiger partial charge in [0.1, 0.15) is 25.8 Å². The van der Waals surface area contributed by atoms with Gasteiger partial charge < -0.3 is 34.8 Å². The Labute approximate surface area is 416 Å². The van der Waals surface area contributed by atoms with E-state index in [1.165, 1.54) is 82.4 Å². The number of phosphoric ester groups is 1. The third kappa shape index (κ3) is 44.4. The molecule has 0 heterocycles. The van der Waals surface area contributed by atoms with Crippen molar-refractivity contribution in [1.82, 2.24) is 0 Å². The summed E-state index contributed by atoms with van der Waals surface area (Å²) < 4.78 is 34.5. The molecule has 0 aliphatic heterocycles. The molecule has 392 valence electrons. The van der Waals surface area contributed by atoms with Crippen LogP contribution in [-0.2, 0) is 37.5 Å². The number of carbonyl (C=O) groups excluding carboxylic acids is 2. The van der Waals surface area contributed by atoms with Crippen molar-refractivity contribution in [2.75, 3.05) is 53.3 Å². The van der Waals surface area contributed by atoms with E-state index in [-0.39, 0.29) is 38.0 Å².